The summed E-state index contributed by atoms with van der Waals surface area (Å²) in [6.45, 7) is 0.401. The van der Waals surface area contributed by atoms with Gasteiger partial charge in [-0.15, -0.1) is 11.3 Å². The van der Waals surface area contributed by atoms with E-state index in [4.69, 9.17) is 0 Å². The average molecular weight is 271 g/mol. The Bertz CT molecular complexity index is 592. The smallest absolute Gasteiger partial charge is 0.237 e. The molecule has 4 heteroatoms. The van der Waals surface area contributed by atoms with Gasteiger partial charge in [-0.25, -0.2) is 0 Å². The van der Waals surface area contributed by atoms with Crippen LogP contribution in [0.25, 0.3) is 0 Å². The summed E-state index contributed by atoms with van der Waals surface area (Å²) in [5.41, 5.74) is 0.925. The van der Waals surface area contributed by atoms with Crippen molar-refractivity contribution >= 4 is 23.2 Å². The number of carbonyl (C=O) groups is 2. The molecule has 0 bridgehead atoms. The van der Waals surface area contributed by atoms with Crippen molar-refractivity contribution in [3.8, 4) is 0 Å². The number of imide groups is 1. The van der Waals surface area contributed by atoms with Crippen molar-refractivity contribution in [3.63, 3.8) is 0 Å². The number of thiophene rings is 1. The van der Waals surface area contributed by atoms with Crippen LogP contribution in [0.2, 0.25) is 0 Å². The fourth-order valence-corrected chi connectivity index (χ4v) is 3.05. The Morgan fingerprint density at radius 1 is 1.11 bits per heavy atom. The molecule has 0 N–H and O–H groups in total. The van der Waals surface area contributed by atoms with Crippen LogP contribution in [0.4, 0.5) is 0 Å². The molecule has 0 aliphatic carbocycles. The minimum atomic E-state index is -0.311. The lowest BCUT2D eigenvalue weighted by atomic mass is 9.98. The first kappa shape index (κ1) is 12.1. The fraction of sp³-hybridized carbons (Fsp3) is 0.200. The summed E-state index contributed by atoms with van der Waals surface area (Å²) in [4.78, 5) is 26.8. The van der Waals surface area contributed by atoms with E-state index in [0.29, 0.717) is 6.54 Å². The van der Waals surface area contributed by atoms with Gasteiger partial charge >= 0.3 is 0 Å². The molecular weight excluding hydrogens is 258 g/mol. The van der Waals surface area contributed by atoms with Gasteiger partial charge in [0, 0.05) is 11.3 Å². The minimum absolute atomic E-state index is 0.0766. The highest BCUT2D eigenvalue weighted by molar-refractivity contribution is 7.09. The largest absolute Gasteiger partial charge is 0.277 e. The molecule has 1 aliphatic rings. The van der Waals surface area contributed by atoms with E-state index < -0.39 is 0 Å². The molecular formula is C15H13NO2S. The lowest BCUT2D eigenvalue weighted by Crippen LogP contribution is -2.29. The first-order valence-corrected chi connectivity index (χ1v) is 7.05. The molecule has 1 aromatic heterocycles. The first-order valence-electron chi connectivity index (χ1n) is 6.17. The Hall–Kier alpha value is -1.94. The van der Waals surface area contributed by atoms with Gasteiger partial charge in [-0.05, 0) is 17.0 Å². The quantitative estimate of drug-likeness (QED) is 0.805. The van der Waals surface area contributed by atoms with E-state index >= 15 is 0 Å². The Kier molecular flexibility index (Phi) is 3.17. The van der Waals surface area contributed by atoms with E-state index in [1.54, 1.807) is 11.3 Å². The summed E-state index contributed by atoms with van der Waals surface area (Å²) in [6.07, 6.45) is 0.286. The van der Waals surface area contributed by atoms with Crippen LogP contribution in [0.1, 0.15) is 22.8 Å². The second-order valence-electron chi connectivity index (χ2n) is 4.56. The van der Waals surface area contributed by atoms with Gasteiger partial charge in [0.2, 0.25) is 11.8 Å². The molecule has 2 amide bonds. The van der Waals surface area contributed by atoms with Crippen LogP contribution in [0, 0.1) is 0 Å². The SMILES string of the molecule is O=C1C[C@H](c2ccccc2)C(=O)N1Cc1cccs1. The van der Waals surface area contributed by atoms with Crippen LogP contribution < -0.4 is 0 Å². The third-order valence-electron chi connectivity index (χ3n) is 3.34. The van der Waals surface area contributed by atoms with Crippen molar-refractivity contribution in [2.45, 2.75) is 18.9 Å². The third kappa shape index (κ3) is 2.31. The minimum Gasteiger partial charge on any atom is -0.277 e. The van der Waals surface area contributed by atoms with Crippen molar-refractivity contribution < 1.29 is 9.59 Å². The molecule has 0 unspecified atom stereocenters. The normalized spacial score (nSPS) is 19.2. The summed E-state index contributed by atoms with van der Waals surface area (Å²) in [5.74, 6) is -0.467. The van der Waals surface area contributed by atoms with E-state index in [9.17, 15) is 9.59 Å². The van der Waals surface area contributed by atoms with Gasteiger partial charge in [0.15, 0.2) is 0 Å². The molecule has 2 aromatic rings. The number of nitrogens with zero attached hydrogens (tertiary/aromatic N) is 1. The summed E-state index contributed by atoms with van der Waals surface area (Å²) in [6, 6.07) is 13.4. The predicted molar refractivity (Wildman–Crippen MR) is 73.7 cm³/mol. The number of amides is 2. The molecule has 1 atom stereocenters. The number of benzene rings is 1. The summed E-state index contributed by atoms with van der Waals surface area (Å²) in [7, 11) is 0. The van der Waals surface area contributed by atoms with Crippen LogP contribution in [0.15, 0.2) is 47.8 Å². The maximum absolute atomic E-state index is 12.4. The molecule has 0 spiro atoms. The zero-order valence-corrected chi connectivity index (χ0v) is 11.1. The van der Waals surface area contributed by atoms with E-state index in [-0.39, 0.29) is 24.2 Å². The molecule has 0 radical (unpaired) electrons. The van der Waals surface area contributed by atoms with Gasteiger partial charge < -0.3 is 0 Å². The van der Waals surface area contributed by atoms with Gasteiger partial charge in [-0.3, -0.25) is 14.5 Å². The number of hydrogen-bond donors (Lipinski definition) is 0. The van der Waals surface area contributed by atoms with Gasteiger partial charge in [-0.1, -0.05) is 36.4 Å². The zero-order valence-electron chi connectivity index (χ0n) is 10.3. The maximum Gasteiger partial charge on any atom is 0.237 e. The highest BCUT2D eigenvalue weighted by Crippen LogP contribution is 2.30. The molecule has 1 fully saturated rings. The molecule has 1 saturated heterocycles. The average Bonchev–Trinajstić information content (AvgIpc) is 3.03. The van der Waals surface area contributed by atoms with E-state index in [2.05, 4.69) is 0 Å². The monoisotopic (exact) mass is 271 g/mol. The molecule has 1 aliphatic heterocycles. The number of carbonyl (C=O) groups excluding carboxylic acids is 2. The lowest BCUT2D eigenvalue weighted by Gasteiger charge is -2.13. The first-order chi connectivity index (χ1) is 9.25. The van der Waals surface area contributed by atoms with Gasteiger partial charge in [0.05, 0.1) is 12.5 Å². The Balaban J connectivity index is 1.81. The highest BCUT2D eigenvalue weighted by atomic mass is 32.1. The van der Waals surface area contributed by atoms with Crippen LogP contribution in [-0.4, -0.2) is 16.7 Å². The van der Waals surface area contributed by atoms with Gasteiger partial charge in [0.1, 0.15) is 0 Å². The molecule has 1 aromatic carbocycles. The second kappa shape index (κ2) is 4.97. The fourth-order valence-electron chi connectivity index (χ4n) is 2.35. The number of rotatable bonds is 3. The van der Waals surface area contributed by atoms with Crippen LogP contribution in [-0.2, 0) is 16.1 Å². The van der Waals surface area contributed by atoms with Gasteiger partial charge in [-0.2, -0.15) is 0 Å². The van der Waals surface area contributed by atoms with Crippen LogP contribution >= 0.6 is 11.3 Å². The maximum atomic E-state index is 12.4. The summed E-state index contributed by atoms with van der Waals surface area (Å²) < 4.78 is 0. The second-order valence-corrected chi connectivity index (χ2v) is 5.60. The lowest BCUT2D eigenvalue weighted by molar-refractivity contribution is -0.139. The summed E-state index contributed by atoms with van der Waals surface area (Å²) >= 11 is 1.56. The third-order valence-corrected chi connectivity index (χ3v) is 4.20. The summed E-state index contributed by atoms with van der Waals surface area (Å²) in [5, 5.41) is 1.95. The van der Waals surface area contributed by atoms with Crippen LogP contribution in [0.3, 0.4) is 0 Å². The number of hydrogen-bond acceptors (Lipinski definition) is 3. The topological polar surface area (TPSA) is 37.4 Å². The van der Waals surface area contributed by atoms with Gasteiger partial charge in [0.25, 0.3) is 0 Å². The Morgan fingerprint density at radius 3 is 2.58 bits per heavy atom. The zero-order chi connectivity index (χ0) is 13.2. The van der Waals surface area contributed by atoms with E-state index in [1.165, 1.54) is 4.90 Å². The highest BCUT2D eigenvalue weighted by Gasteiger charge is 2.39. The molecule has 0 saturated carbocycles. The van der Waals surface area contributed by atoms with Crippen molar-refractivity contribution in [1.29, 1.82) is 0 Å². The van der Waals surface area contributed by atoms with Crippen LogP contribution in [0.5, 0.6) is 0 Å². The molecule has 3 rings (SSSR count). The Morgan fingerprint density at radius 2 is 1.89 bits per heavy atom. The Labute approximate surface area is 115 Å². The van der Waals surface area contributed by atoms with Crippen molar-refractivity contribution in [3.05, 3.63) is 58.3 Å². The van der Waals surface area contributed by atoms with Crippen molar-refractivity contribution in [2.24, 2.45) is 0 Å². The molecule has 19 heavy (non-hydrogen) atoms. The number of likely N-dealkylation sites (tertiary alicyclic amines) is 1. The molecule has 96 valence electrons. The van der Waals surface area contributed by atoms with Crippen molar-refractivity contribution in [1.82, 2.24) is 4.90 Å². The molecule has 2 heterocycles. The van der Waals surface area contributed by atoms with E-state index in [1.807, 2.05) is 47.8 Å². The van der Waals surface area contributed by atoms with Crippen molar-refractivity contribution in [2.75, 3.05) is 0 Å². The predicted octanol–water partition coefficient (Wildman–Crippen LogP) is 2.79. The van der Waals surface area contributed by atoms with E-state index in [0.717, 1.165) is 10.4 Å². The standard InChI is InChI=1S/C15H13NO2S/c17-14-9-13(11-5-2-1-3-6-11)15(18)16(14)10-12-7-4-8-19-12/h1-8,13H,9-10H2/t13-/m1/s1. The molecule has 3 nitrogen and oxygen atoms in total.